The summed E-state index contributed by atoms with van der Waals surface area (Å²) in [6.45, 7) is 1.91. The number of rotatable bonds is 4. The Morgan fingerprint density at radius 1 is 1.56 bits per heavy atom. The minimum absolute atomic E-state index is 0.137. The zero-order valence-corrected chi connectivity index (χ0v) is 10.3. The molecule has 0 unspecified atom stereocenters. The maximum atomic E-state index is 11.6. The van der Waals surface area contributed by atoms with Gasteiger partial charge in [-0.1, -0.05) is 12.8 Å². The predicted octanol–water partition coefficient (Wildman–Crippen LogP) is 2.74. The summed E-state index contributed by atoms with van der Waals surface area (Å²) in [5.41, 5.74) is 0. The highest BCUT2D eigenvalue weighted by molar-refractivity contribution is 8.00. The quantitative estimate of drug-likeness (QED) is 0.821. The molecule has 1 amide bonds. The largest absolute Gasteiger partial charge is 0.468 e. The third kappa shape index (κ3) is 3.04. The van der Waals surface area contributed by atoms with Crippen molar-refractivity contribution < 1.29 is 9.21 Å². The lowest BCUT2D eigenvalue weighted by molar-refractivity contribution is -0.119. The number of thioether (sulfide) groups is 1. The molecule has 0 aromatic carbocycles. The Hall–Kier alpha value is -0.900. The SMILES string of the molecule is Cc1occc1SCC(=O)NC1CCCC1. The Labute approximate surface area is 100.0 Å². The highest BCUT2D eigenvalue weighted by Gasteiger charge is 2.17. The molecule has 0 atom stereocenters. The van der Waals surface area contributed by atoms with Crippen molar-refractivity contribution in [2.75, 3.05) is 5.75 Å². The Bertz CT molecular complexity index is 356. The number of amides is 1. The van der Waals surface area contributed by atoms with Gasteiger partial charge in [0.1, 0.15) is 5.76 Å². The van der Waals surface area contributed by atoms with E-state index in [2.05, 4.69) is 5.32 Å². The molecule has 3 nitrogen and oxygen atoms in total. The van der Waals surface area contributed by atoms with Crippen molar-refractivity contribution in [1.29, 1.82) is 0 Å². The second-order valence-corrected chi connectivity index (χ2v) is 5.20. The molecule has 88 valence electrons. The van der Waals surface area contributed by atoms with Crippen LogP contribution in [0.25, 0.3) is 0 Å². The highest BCUT2D eigenvalue weighted by Crippen LogP contribution is 2.23. The van der Waals surface area contributed by atoms with E-state index in [0.717, 1.165) is 23.5 Å². The van der Waals surface area contributed by atoms with Crippen molar-refractivity contribution in [3.05, 3.63) is 18.1 Å². The Balaban J connectivity index is 1.73. The van der Waals surface area contributed by atoms with Crippen LogP contribution < -0.4 is 5.32 Å². The normalized spacial score (nSPS) is 16.6. The summed E-state index contributed by atoms with van der Waals surface area (Å²) in [6.07, 6.45) is 6.44. The van der Waals surface area contributed by atoms with Crippen LogP contribution in [0.3, 0.4) is 0 Å². The van der Waals surface area contributed by atoms with Crippen molar-refractivity contribution in [3.63, 3.8) is 0 Å². The molecule has 2 rings (SSSR count). The molecule has 0 spiro atoms. The van der Waals surface area contributed by atoms with Gasteiger partial charge in [-0.25, -0.2) is 0 Å². The molecule has 0 saturated heterocycles. The summed E-state index contributed by atoms with van der Waals surface area (Å²) in [6, 6.07) is 2.32. The molecule has 1 fully saturated rings. The van der Waals surface area contributed by atoms with Crippen LogP contribution in [0, 0.1) is 6.92 Å². The lowest BCUT2D eigenvalue weighted by atomic mass is 10.2. The monoisotopic (exact) mass is 239 g/mol. The molecule has 0 radical (unpaired) electrons. The number of hydrogen-bond donors (Lipinski definition) is 1. The van der Waals surface area contributed by atoms with Crippen LogP contribution in [-0.2, 0) is 4.79 Å². The number of carbonyl (C=O) groups excluding carboxylic acids is 1. The molecule has 16 heavy (non-hydrogen) atoms. The highest BCUT2D eigenvalue weighted by atomic mass is 32.2. The van der Waals surface area contributed by atoms with Gasteiger partial charge in [-0.2, -0.15) is 0 Å². The number of carbonyl (C=O) groups is 1. The van der Waals surface area contributed by atoms with Gasteiger partial charge in [-0.05, 0) is 25.8 Å². The van der Waals surface area contributed by atoms with E-state index in [1.54, 1.807) is 6.26 Å². The van der Waals surface area contributed by atoms with Crippen LogP contribution >= 0.6 is 11.8 Å². The molecule has 1 saturated carbocycles. The molecular weight excluding hydrogens is 222 g/mol. The van der Waals surface area contributed by atoms with Crippen molar-refractivity contribution >= 4 is 17.7 Å². The van der Waals surface area contributed by atoms with Crippen LogP contribution in [0.15, 0.2) is 21.6 Å². The van der Waals surface area contributed by atoms with Gasteiger partial charge >= 0.3 is 0 Å². The molecule has 1 aliphatic rings. The van der Waals surface area contributed by atoms with Crippen LogP contribution in [0.2, 0.25) is 0 Å². The molecule has 1 heterocycles. The number of nitrogens with one attached hydrogen (secondary N) is 1. The molecule has 1 N–H and O–H groups in total. The zero-order valence-electron chi connectivity index (χ0n) is 9.49. The van der Waals surface area contributed by atoms with Crippen molar-refractivity contribution in [1.82, 2.24) is 5.32 Å². The summed E-state index contributed by atoms with van der Waals surface area (Å²) < 4.78 is 5.18. The summed E-state index contributed by atoms with van der Waals surface area (Å²) in [4.78, 5) is 12.7. The van der Waals surface area contributed by atoms with E-state index in [-0.39, 0.29) is 5.91 Å². The van der Waals surface area contributed by atoms with Gasteiger partial charge in [0, 0.05) is 10.9 Å². The van der Waals surface area contributed by atoms with Crippen molar-refractivity contribution in [2.45, 2.75) is 43.5 Å². The van der Waals surface area contributed by atoms with Gasteiger partial charge in [-0.3, -0.25) is 4.79 Å². The third-order valence-electron chi connectivity index (χ3n) is 2.89. The van der Waals surface area contributed by atoms with Crippen molar-refractivity contribution in [3.8, 4) is 0 Å². The first-order valence-corrected chi connectivity index (χ1v) is 6.70. The maximum Gasteiger partial charge on any atom is 0.230 e. The van der Waals surface area contributed by atoms with Crippen LogP contribution in [0.1, 0.15) is 31.4 Å². The Morgan fingerprint density at radius 2 is 2.31 bits per heavy atom. The molecule has 1 aromatic heterocycles. The summed E-state index contributed by atoms with van der Waals surface area (Å²) in [7, 11) is 0. The molecule has 0 aliphatic heterocycles. The standard InChI is InChI=1S/C12H17NO2S/c1-9-11(6-7-15-9)16-8-12(14)13-10-4-2-3-5-10/h6-7,10H,2-5,8H2,1H3,(H,13,14). The first kappa shape index (κ1) is 11.6. The fourth-order valence-electron chi connectivity index (χ4n) is 2.01. The first-order chi connectivity index (χ1) is 7.75. The smallest absolute Gasteiger partial charge is 0.230 e. The first-order valence-electron chi connectivity index (χ1n) is 5.72. The van der Waals surface area contributed by atoms with Gasteiger partial charge in [0.2, 0.25) is 5.91 Å². The lowest BCUT2D eigenvalue weighted by Crippen LogP contribution is -2.33. The van der Waals surface area contributed by atoms with Gasteiger partial charge in [-0.15, -0.1) is 11.8 Å². The van der Waals surface area contributed by atoms with E-state index < -0.39 is 0 Å². The van der Waals surface area contributed by atoms with E-state index in [1.807, 2.05) is 13.0 Å². The molecule has 1 aromatic rings. The lowest BCUT2D eigenvalue weighted by Gasteiger charge is -2.11. The van der Waals surface area contributed by atoms with Gasteiger partial charge < -0.3 is 9.73 Å². The van der Waals surface area contributed by atoms with E-state index in [4.69, 9.17) is 4.42 Å². The topological polar surface area (TPSA) is 42.2 Å². The number of furan rings is 1. The zero-order chi connectivity index (χ0) is 11.4. The summed E-state index contributed by atoms with van der Waals surface area (Å²) in [5.74, 6) is 1.51. The third-order valence-corrected chi connectivity index (χ3v) is 4.03. The average Bonchev–Trinajstić information content (AvgIpc) is 2.87. The van der Waals surface area contributed by atoms with Crippen LogP contribution in [0.4, 0.5) is 0 Å². The second-order valence-electron chi connectivity index (χ2n) is 4.18. The van der Waals surface area contributed by atoms with Gasteiger partial charge in [0.05, 0.1) is 12.0 Å². The van der Waals surface area contributed by atoms with Gasteiger partial charge in [0.25, 0.3) is 0 Å². The number of aryl methyl sites for hydroxylation is 1. The van der Waals surface area contributed by atoms with Gasteiger partial charge in [0.15, 0.2) is 0 Å². The van der Waals surface area contributed by atoms with Crippen LogP contribution in [-0.4, -0.2) is 17.7 Å². The molecule has 4 heteroatoms. The second kappa shape index (κ2) is 5.43. The van der Waals surface area contributed by atoms with E-state index in [1.165, 1.54) is 24.6 Å². The number of hydrogen-bond acceptors (Lipinski definition) is 3. The van der Waals surface area contributed by atoms with Crippen molar-refractivity contribution in [2.24, 2.45) is 0 Å². The predicted molar refractivity (Wildman–Crippen MR) is 64.6 cm³/mol. The minimum atomic E-state index is 0.137. The van der Waals surface area contributed by atoms with E-state index >= 15 is 0 Å². The Kier molecular flexibility index (Phi) is 3.93. The van der Waals surface area contributed by atoms with E-state index in [9.17, 15) is 4.79 Å². The van der Waals surface area contributed by atoms with Crippen LogP contribution in [0.5, 0.6) is 0 Å². The van der Waals surface area contributed by atoms with E-state index in [0.29, 0.717) is 11.8 Å². The fraction of sp³-hybridized carbons (Fsp3) is 0.583. The maximum absolute atomic E-state index is 11.6. The molecule has 0 bridgehead atoms. The molecular formula is C12H17NO2S. The summed E-state index contributed by atoms with van der Waals surface area (Å²) >= 11 is 1.54. The molecule has 1 aliphatic carbocycles. The fourth-order valence-corrected chi connectivity index (χ4v) is 2.78. The minimum Gasteiger partial charge on any atom is -0.468 e. The Morgan fingerprint density at radius 3 is 2.94 bits per heavy atom. The average molecular weight is 239 g/mol. The summed E-state index contributed by atoms with van der Waals surface area (Å²) in [5, 5.41) is 3.07.